The van der Waals surface area contributed by atoms with Crippen LogP contribution in [0.5, 0.6) is 0 Å². The van der Waals surface area contributed by atoms with E-state index in [0.717, 1.165) is 18.4 Å². The van der Waals surface area contributed by atoms with Gasteiger partial charge in [-0.25, -0.2) is 0 Å². The lowest BCUT2D eigenvalue weighted by molar-refractivity contribution is 0.224. The van der Waals surface area contributed by atoms with Gasteiger partial charge in [0.15, 0.2) is 0 Å². The van der Waals surface area contributed by atoms with Crippen molar-refractivity contribution >= 4 is 5.84 Å². The van der Waals surface area contributed by atoms with Crippen LogP contribution in [0.2, 0.25) is 0 Å². The predicted octanol–water partition coefficient (Wildman–Crippen LogP) is 2.98. The van der Waals surface area contributed by atoms with Crippen LogP contribution in [0.1, 0.15) is 52.4 Å². The van der Waals surface area contributed by atoms with E-state index in [2.05, 4.69) is 24.2 Å². The highest BCUT2D eigenvalue weighted by molar-refractivity contribution is 5.82. The van der Waals surface area contributed by atoms with Crippen molar-refractivity contribution in [1.82, 2.24) is 5.32 Å². The summed E-state index contributed by atoms with van der Waals surface area (Å²) in [6, 6.07) is 0.686. The van der Waals surface area contributed by atoms with E-state index in [1.807, 2.05) is 0 Å². The smallest absolute Gasteiger partial charge is 0.0965 e. The molecule has 1 aliphatic carbocycles. The Labute approximate surface area is 93.6 Å². The molecular weight excluding hydrogens is 184 g/mol. The molecule has 1 saturated carbocycles. The van der Waals surface area contributed by atoms with Crippen LogP contribution in [0.3, 0.4) is 0 Å². The number of aliphatic imine (C=N–C) groups is 1. The lowest BCUT2D eigenvalue weighted by atomic mass is 9.78. The van der Waals surface area contributed by atoms with E-state index in [9.17, 15) is 0 Å². The van der Waals surface area contributed by atoms with Gasteiger partial charge in [0.25, 0.3) is 0 Å². The van der Waals surface area contributed by atoms with Crippen molar-refractivity contribution in [3.8, 4) is 0 Å². The Morgan fingerprint density at radius 2 is 2.00 bits per heavy atom. The summed E-state index contributed by atoms with van der Waals surface area (Å²) in [4.78, 5) is 4.59. The van der Waals surface area contributed by atoms with E-state index in [4.69, 9.17) is 0 Å². The van der Waals surface area contributed by atoms with Crippen LogP contribution in [0.4, 0.5) is 0 Å². The highest BCUT2D eigenvalue weighted by atomic mass is 15.0. The molecule has 2 nitrogen and oxygen atoms in total. The zero-order valence-corrected chi connectivity index (χ0v) is 10.1. The van der Waals surface area contributed by atoms with Gasteiger partial charge < -0.3 is 5.32 Å². The molecule has 1 heterocycles. The molecule has 1 N–H and O–H groups in total. The normalized spacial score (nSPS) is 37.2. The van der Waals surface area contributed by atoms with E-state index >= 15 is 0 Å². The van der Waals surface area contributed by atoms with E-state index in [0.29, 0.717) is 6.04 Å². The predicted molar refractivity (Wildman–Crippen MR) is 65.3 cm³/mol. The SMILES string of the molecule is CC1CCCC(NC2=NCCCC2)C1C. The molecule has 0 aromatic carbocycles. The van der Waals surface area contributed by atoms with Gasteiger partial charge in [0.2, 0.25) is 0 Å². The molecule has 2 aliphatic rings. The number of amidine groups is 1. The summed E-state index contributed by atoms with van der Waals surface area (Å²) in [6.07, 6.45) is 7.91. The van der Waals surface area contributed by atoms with Gasteiger partial charge in [0.05, 0.1) is 5.84 Å². The first-order chi connectivity index (χ1) is 7.27. The molecule has 0 saturated heterocycles. The third kappa shape index (κ3) is 2.73. The van der Waals surface area contributed by atoms with Crippen molar-refractivity contribution in [3.05, 3.63) is 0 Å². The van der Waals surface area contributed by atoms with Gasteiger partial charge in [0, 0.05) is 19.0 Å². The number of rotatable bonds is 1. The fraction of sp³-hybridized carbons (Fsp3) is 0.923. The Balaban J connectivity index is 1.89. The van der Waals surface area contributed by atoms with Gasteiger partial charge in [-0.15, -0.1) is 0 Å². The number of nitrogens with one attached hydrogen (secondary N) is 1. The minimum absolute atomic E-state index is 0.686. The highest BCUT2D eigenvalue weighted by Crippen LogP contribution is 2.29. The van der Waals surface area contributed by atoms with E-state index in [1.54, 1.807) is 0 Å². The van der Waals surface area contributed by atoms with E-state index < -0.39 is 0 Å². The second kappa shape index (κ2) is 5.00. The lowest BCUT2D eigenvalue weighted by Crippen LogP contribution is -2.44. The number of nitrogens with zero attached hydrogens (tertiary/aromatic N) is 1. The summed E-state index contributed by atoms with van der Waals surface area (Å²) in [5.41, 5.74) is 0. The van der Waals surface area contributed by atoms with Crippen molar-refractivity contribution in [2.75, 3.05) is 6.54 Å². The molecule has 3 atom stereocenters. The highest BCUT2D eigenvalue weighted by Gasteiger charge is 2.27. The molecule has 0 aromatic heterocycles. The lowest BCUT2D eigenvalue weighted by Gasteiger charge is -2.35. The van der Waals surface area contributed by atoms with Crippen LogP contribution in [0.15, 0.2) is 4.99 Å². The second-order valence-electron chi connectivity index (χ2n) is 5.30. The van der Waals surface area contributed by atoms with Gasteiger partial charge in [-0.05, 0) is 31.1 Å². The Hall–Kier alpha value is -0.530. The van der Waals surface area contributed by atoms with Crippen LogP contribution in [0.25, 0.3) is 0 Å². The van der Waals surface area contributed by atoms with E-state index in [-0.39, 0.29) is 0 Å². The Bertz CT molecular complexity index is 235. The molecule has 3 unspecified atom stereocenters. The molecule has 0 aromatic rings. The van der Waals surface area contributed by atoms with Gasteiger partial charge in [-0.1, -0.05) is 26.7 Å². The maximum absolute atomic E-state index is 4.59. The first kappa shape index (κ1) is 11.0. The van der Waals surface area contributed by atoms with Crippen molar-refractivity contribution < 1.29 is 0 Å². The summed E-state index contributed by atoms with van der Waals surface area (Å²) >= 11 is 0. The molecule has 0 radical (unpaired) electrons. The van der Waals surface area contributed by atoms with Crippen LogP contribution < -0.4 is 5.32 Å². The molecule has 2 rings (SSSR count). The van der Waals surface area contributed by atoms with Crippen molar-refractivity contribution in [2.24, 2.45) is 16.8 Å². The summed E-state index contributed by atoms with van der Waals surface area (Å²) in [7, 11) is 0. The first-order valence-electron chi connectivity index (χ1n) is 6.57. The van der Waals surface area contributed by atoms with Gasteiger partial charge >= 0.3 is 0 Å². The zero-order chi connectivity index (χ0) is 10.7. The Kier molecular flexibility index (Phi) is 3.66. The Morgan fingerprint density at radius 3 is 2.73 bits per heavy atom. The number of hydrogen-bond acceptors (Lipinski definition) is 2. The van der Waals surface area contributed by atoms with Crippen molar-refractivity contribution in [2.45, 2.75) is 58.4 Å². The first-order valence-corrected chi connectivity index (χ1v) is 6.57. The molecule has 1 fully saturated rings. The quantitative estimate of drug-likeness (QED) is 0.704. The topological polar surface area (TPSA) is 24.4 Å². The van der Waals surface area contributed by atoms with E-state index in [1.165, 1.54) is 44.4 Å². The zero-order valence-electron chi connectivity index (χ0n) is 10.1. The maximum Gasteiger partial charge on any atom is 0.0965 e. The minimum atomic E-state index is 0.686. The maximum atomic E-state index is 4.59. The van der Waals surface area contributed by atoms with Crippen LogP contribution >= 0.6 is 0 Å². The summed E-state index contributed by atoms with van der Waals surface area (Å²) in [5, 5.41) is 3.69. The van der Waals surface area contributed by atoms with Gasteiger partial charge in [-0.2, -0.15) is 0 Å². The summed E-state index contributed by atoms with van der Waals surface area (Å²) < 4.78 is 0. The van der Waals surface area contributed by atoms with Crippen LogP contribution in [0, 0.1) is 11.8 Å². The molecular formula is C13H24N2. The molecule has 0 amide bonds. The molecule has 0 spiro atoms. The van der Waals surface area contributed by atoms with Crippen molar-refractivity contribution in [3.63, 3.8) is 0 Å². The second-order valence-corrected chi connectivity index (χ2v) is 5.30. The molecule has 86 valence electrons. The molecule has 15 heavy (non-hydrogen) atoms. The average Bonchev–Trinajstić information content (AvgIpc) is 2.26. The fourth-order valence-corrected chi connectivity index (χ4v) is 2.81. The fourth-order valence-electron chi connectivity index (χ4n) is 2.81. The monoisotopic (exact) mass is 208 g/mol. The largest absolute Gasteiger partial charge is 0.371 e. The molecule has 2 heteroatoms. The van der Waals surface area contributed by atoms with Crippen molar-refractivity contribution in [1.29, 1.82) is 0 Å². The van der Waals surface area contributed by atoms with Crippen LogP contribution in [-0.4, -0.2) is 18.4 Å². The average molecular weight is 208 g/mol. The Morgan fingerprint density at radius 1 is 1.13 bits per heavy atom. The third-order valence-electron chi connectivity index (χ3n) is 4.18. The number of hydrogen-bond donors (Lipinski definition) is 1. The summed E-state index contributed by atoms with van der Waals surface area (Å²) in [6.45, 7) is 5.82. The van der Waals surface area contributed by atoms with Gasteiger partial charge in [-0.3, -0.25) is 4.99 Å². The van der Waals surface area contributed by atoms with Crippen LogP contribution in [-0.2, 0) is 0 Å². The minimum Gasteiger partial charge on any atom is -0.371 e. The molecule has 1 aliphatic heterocycles. The summed E-state index contributed by atoms with van der Waals surface area (Å²) in [5.74, 6) is 2.97. The van der Waals surface area contributed by atoms with Gasteiger partial charge in [0.1, 0.15) is 0 Å². The third-order valence-corrected chi connectivity index (χ3v) is 4.18. The standard InChI is InChI=1S/C13H24N2/c1-10-6-5-7-12(11(10)2)15-13-8-3-4-9-14-13/h10-12H,3-9H2,1-2H3,(H,14,15). The molecule has 0 bridgehead atoms.